The van der Waals surface area contributed by atoms with Crippen LogP contribution in [-0.2, 0) is 4.79 Å². The molecule has 7 heteroatoms. The van der Waals surface area contributed by atoms with Gasteiger partial charge < -0.3 is 10.2 Å². The van der Waals surface area contributed by atoms with Gasteiger partial charge in [-0.3, -0.25) is 14.5 Å². The number of nitrogens with zero attached hydrogens (tertiary/aromatic N) is 3. The summed E-state index contributed by atoms with van der Waals surface area (Å²) in [6.45, 7) is 7.17. The molecule has 0 aliphatic carbocycles. The van der Waals surface area contributed by atoms with E-state index in [-0.39, 0.29) is 35.7 Å². The summed E-state index contributed by atoms with van der Waals surface area (Å²) in [7, 11) is 0. The lowest BCUT2D eigenvalue weighted by Gasteiger charge is -2.44. The van der Waals surface area contributed by atoms with Gasteiger partial charge in [0.15, 0.2) is 0 Å². The van der Waals surface area contributed by atoms with Crippen LogP contribution in [0.4, 0.5) is 0 Å². The van der Waals surface area contributed by atoms with Crippen LogP contribution < -0.4 is 5.32 Å². The molecule has 0 aromatic heterocycles. The predicted molar refractivity (Wildman–Crippen MR) is 147 cm³/mol. The third-order valence-electron chi connectivity index (χ3n) is 8.81. The largest absolute Gasteiger partial charge is 0.338 e. The molecular weight excluding hydrogens is 484 g/mol. The van der Waals surface area contributed by atoms with Gasteiger partial charge in [-0.05, 0) is 67.6 Å². The summed E-state index contributed by atoms with van der Waals surface area (Å²) in [5, 5.41) is 12.6. The van der Waals surface area contributed by atoms with E-state index < -0.39 is 0 Å². The summed E-state index contributed by atoms with van der Waals surface area (Å²) in [5.41, 5.74) is 2.69. The molecule has 2 aromatic carbocycles. The highest BCUT2D eigenvalue weighted by atomic mass is 35.5. The van der Waals surface area contributed by atoms with Gasteiger partial charge in [-0.2, -0.15) is 5.26 Å². The number of rotatable bonds is 6. The van der Waals surface area contributed by atoms with Crippen LogP contribution in [0.15, 0.2) is 54.6 Å². The van der Waals surface area contributed by atoms with E-state index in [0.717, 1.165) is 58.5 Å². The fourth-order valence-electron chi connectivity index (χ4n) is 6.68. The number of hydrogen-bond acceptors (Lipinski definition) is 5. The molecular formula is C30H37ClN4O2. The Morgan fingerprint density at radius 3 is 2.35 bits per heavy atom. The van der Waals surface area contributed by atoms with E-state index >= 15 is 0 Å². The Morgan fingerprint density at radius 2 is 1.70 bits per heavy atom. The number of nitriles is 1. The second kappa shape index (κ2) is 11.8. The van der Waals surface area contributed by atoms with E-state index in [0.29, 0.717) is 29.2 Å². The van der Waals surface area contributed by atoms with Crippen LogP contribution in [-0.4, -0.2) is 66.8 Å². The van der Waals surface area contributed by atoms with E-state index in [4.69, 9.17) is 5.26 Å². The Morgan fingerprint density at radius 1 is 1.03 bits per heavy atom. The van der Waals surface area contributed by atoms with E-state index in [1.807, 2.05) is 11.8 Å². The van der Waals surface area contributed by atoms with Crippen molar-refractivity contribution in [2.24, 2.45) is 11.3 Å². The van der Waals surface area contributed by atoms with Crippen molar-refractivity contribution in [1.82, 2.24) is 15.1 Å². The molecule has 1 N–H and O–H groups in total. The molecule has 3 saturated heterocycles. The van der Waals surface area contributed by atoms with E-state index in [1.165, 1.54) is 5.56 Å². The van der Waals surface area contributed by atoms with Crippen molar-refractivity contribution in [1.29, 1.82) is 5.26 Å². The number of ketones is 1. The lowest BCUT2D eigenvalue weighted by atomic mass is 9.75. The zero-order valence-electron chi connectivity index (χ0n) is 21.6. The number of piperidine rings is 1. The van der Waals surface area contributed by atoms with Crippen molar-refractivity contribution >= 4 is 24.1 Å². The number of nitrogens with one attached hydrogen (secondary N) is 1. The van der Waals surface area contributed by atoms with Crippen molar-refractivity contribution in [2.45, 2.75) is 44.6 Å². The lowest BCUT2D eigenvalue weighted by molar-refractivity contribution is -0.127. The second-order valence-electron chi connectivity index (χ2n) is 10.8. The zero-order chi connectivity index (χ0) is 25.1. The van der Waals surface area contributed by atoms with Gasteiger partial charge in [0.1, 0.15) is 5.78 Å². The Bertz CT molecular complexity index is 1120. The predicted octanol–water partition coefficient (Wildman–Crippen LogP) is 4.26. The second-order valence-corrected chi connectivity index (χ2v) is 10.8. The molecule has 0 saturated carbocycles. The maximum atomic E-state index is 13.3. The summed E-state index contributed by atoms with van der Waals surface area (Å²) in [4.78, 5) is 30.8. The molecule has 0 bridgehead atoms. The summed E-state index contributed by atoms with van der Waals surface area (Å²) in [5.74, 6) is 1.05. The van der Waals surface area contributed by atoms with E-state index in [9.17, 15) is 9.59 Å². The monoisotopic (exact) mass is 520 g/mol. The van der Waals surface area contributed by atoms with Gasteiger partial charge in [-0.1, -0.05) is 37.3 Å². The first-order valence-electron chi connectivity index (χ1n) is 13.4. The molecule has 2 aromatic rings. The van der Waals surface area contributed by atoms with Crippen molar-refractivity contribution in [3.63, 3.8) is 0 Å². The third kappa shape index (κ3) is 5.60. The number of benzene rings is 2. The lowest BCUT2D eigenvalue weighted by Crippen LogP contribution is -2.53. The molecule has 5 rings (SSSR count). The summed E-state index contributed by atoms with van der Waals surface area (Å²) in [6.07, 6.45) is 3.63. The first-order chi connectivity index (χ1) is 17.5. The standard InChI is InChI=1S/C30H36N4O2.ClH/c1-2-27(35)28(26-20-32-19-25(26)23-6-4-3-5-7-23)33-15-12-30(13-16-33)14-17-34(21-30)29(36)24-10-8-22(18-31)9-11-24;/h3-11,25-26,28,32H,2,12-17,19-21H2,1H3;1H/t25-,26-,28?;/m1./s1. The Kier molecular flexibility index (Phi) is 8.69. The fourth-order valence-corrected chi connectivity index (χ4v) is 6.68. The molecule has 3 fully saturated rings. The molecule has 1 spiro atoms. The van der Waals surface area contributed by atoms with Crippen molar-refractivity contribution in [2.75, 3.05) is 39.3 Å². The number of carbonyl (C=O) groups excluding carboxylic acids is 2. The van der Waals surface area contributed by atoms with Crippen LogP contribution in [0, 0.1) is 22.7 Å². The maximum absolute atomic E-state index is 13.3. The van der Waals surface area contributed by atoms with Gasteiger partial charge in [0, 0.05) is 50.0 Å². The number of carbonyl (C=O) groups is 2. The Hall–Kier alpha value is -2.72. The van der Waals surface area contributed by atoms with E-state index in [1.54, 1.807) is 24.3 Å². The highest BCUT2D eigenvalue weighted by Gasteiger charge is 2.46. The fraction of sp³-hybridized carbons (Fsp3) is 0.500. The zero-order valence-corrected chi connectivity index (χ0v) is 22.4. The van der Waals surface area contributed by atoms with Crippen molar-refractivity contribution in [3.8, 4) is 6.07 Å². The first kappa shape index (κ1) is 27.3. The first-order valence-corrected chi connectivity index (χ1v) is 13.4. The molecule has 1 amide bonds. The van der Waals surface area contributed by atoms with Gasteiger partial charge in [0.2, 0.25) is 0 Å². The highest BCUT2D eigenvalue weighted by Crippen LogP contribution is 2.43. The molecule has 3 aliphatic rings. The molecule has 3 heterocycles. The summed E-state index contributed by atoms with van der Waals surface area (Å²) in [6, 6.07) is 19.6. The Labute approximate surface area is 226 Å². The molecule has 0 radical (unpaired) electrons. The number of likely N-dealkylation sites (tertiary alicyclic amines) is 2. The quantitative estimate of drug-likeness (QED) is 0.616. The van der Waals surface area contributed by atoms with Crippen LogP contribution in [0.25, 0.3) is 0 Å². The van der Waals surface area contributed by atoms with Crippen LogP contribution in [0.3, 0.4) is 0 Å². The smallest absolute Gasteiger partial charge is 0.253 e. The minimum absolute atomic E-state index is 0. The Balaban J connectivity index is 0.00000320. The van der Waals surface area contributed by atoms with Gasteiger partial charge in [-0.25, -0.2) is 0 Å². The van der Waals surface area contributed by atoms with Gasteiger partial charge in [0.05, 0.1) is 17.7 Å². The molecule has 37 heavy (non-hydrogen) atoms. The normalized spacial score (nSPS) is 23.8. The number of halogens is 1. The average Bonchev–Trinajstić information content (AvgIpc) is 3.58. The molecule has 1 unspecified atom stereocenters. The van der Waals surface area contributed by atoms with Gasteiger partial charge in [0.25, 0.3) is 5.91 Å². The van der Waals surface area contributed by atoms with Crippen molar-refractivity contribution in [3.05, 3.63) is 71.3 Å². The van der Waals surface area contributed by atoms with Crippen molar-refractivity contribution < 1.29 is 9.59 Å². The molecule has 6 nitrogen and oxygen atoms in total. The highest BCUT2D eigenvalue weighted by molar-refractivity contribution is 5.94. The van der Waals surface area contributed by atoms with Crippen LogP contribution in [0.1, 0.15) is 60.0 Å². The molecule has 196 valence electrons. The summed E-state index contributed by atoms with van der Waals surface area (Å²) >= 11 is 0. The minimum Gasteiger partial charge on any atom is -0.338 e. The number of hydrogen-bond donors (Lipinski definition) is 1. The average molecular weight is 521 g/mol. The third-order valence-corrected chi connectivity index (χ3v) is 8.81. The molecule has 3 aliphatic heterocycles. The van der Waals surface area contributed by atoms with Crippen LogP contribution >= 0.6 is 12.4 Å². The number of amides is 1. The van der Waals surface area contributed by atoms with E-state index in [2.05, 4.69) is 46.6 Å². The van der Waals surface area contributed by atoms with Crippen LogP contribution in [0.2, 0.25) is 0 Å². The molecule has 3 atom stereocenters. The maximum Gasteiger partial charge on any atom is 0.253 e. The minimum atomic E-state index is -0.0506. The number of Topliss-reactive ketones (excluding diaryl/α,β-unsaturated/α-hetero) is 1. The summed E-state index contributed by atoms with van der Waals surface area (Å²) < 4.78 is 0. The topological polar surface area (TPSA) is 76.4 Å². The van der Waals surface area contributed by atoms with Gasteiger partial charge in [-0.15, -0.1) is 12.4 Å². The van der Waals surface area contributed by atoms with Gasteiger partial charge >= 0.3 is 0 Å². The van der Waals surface area contributed by atoms with Crippen LogP contribution in [0.5, 0.6) is 0 Å². The SMILES string of the molecule is CCC(=O)C([C@@H]1CNC[C@@H]1c1ccccc1)N1CCC2(CCN(C(=O)c3ccc(C#N)cc3)C2)CC1.Cl.